The number of quaternary nitrogens is 1. The Morgan fingerprint density at radius 3 is 2.07 bits per heavy atom. The predicted molar refractivity (Wildman–Crippen MR) is 108 cm³/mol. The molecular formula is C21H24N3O6+. The molecule has 0 spiro atoms. The SMILES string of the molecule is COc1ccc(N2C(=O)C(=O)N(C[NH+](C)Cc3ccc(OC)cc3OC)C2=O)cc1. The Balaban J connectivity index is 1.74. The van der Waals surface area contributed by atoms with Crippen LogP contribution in [0.25, 0.3) is 0 Å². The van der Waals surface area contributed by atoms with E-state index in [0.717, 1.165) is 20.3 Å². The first-order valence-corrected chi connectivity index (χ1v) is 9.25. The molecule has 2 aromatic rings. The smallest absolute Gasteiger partial charge is 0.343 e. The summed E-state index contributed by atoms with van der Waals surface area (Å²) in [6, 6.07) is 11.1. The van der Waals surface area contributed by atoms with E-state index in [4.69, 9.17) is 14.2 Å². The molecule has 4 amide bonds. The Hall–Kier alpha value is -3.59. The number of urea groups is 1. The number of hydrogen-bond donors (Lipinski definition) is 1. The number of anilines is 1. The van der Waals surface area contributed by atoms with E-state index >= 15 is 0 Å². The molecule has 9 nitrogen and oxygen atoms in total. The van der Waals surface area contributed by atoms with Crippen LogP contribution >= 0.6 is 0 Å². The van der Waals surface area contributed by atoms with Gasteiger partial charge in [0.15, 0.2) is 6.67 Å². The van der Waals surface area contributed by atoms with Gasteiger partial charge in [0.25, 0.3) is 0 Å². The van der Waals surface area contributed by atoms with E-state index in [2.05, 4.69) is 0 Å². The molecule has 30 heavy (non-hydrogen) atoms. The maximum absolute atomic E-state index is 12.8. The molecule has 1 fully saturated rings. The molecule has 0 radical (unpaired) electrons. The van der Waals surface area contributed by atoms with E-state index in [1.807, 2.05) is 19.2 Å². The molecule has 158 valence electrons. The van der Waals surface area contributed by atoms with Crippen molar-refractivity contribution in [3.63, 3.8) is 0 Å². The monoisotopic (exact) mass is 414 g/mol. The van der Waals surface area contributed by atoms with Crippen LogP contribution in [0.5, 0.6) is 17.2 Å². The third-order valence-corrected chi connectivity index (χ3v) is 4.80. The maximum atomic E-state index is 12.8. The second-order valence-electron chi connectivity index (χ2n) is 6.82. The van der Waals surface area contributed by atoms with Crippen LogP contribution in [0.15, 0.2) is 42.5 Å². The molecule has 1 saturated heterocycles. The first kappa shape index (κ1) is 21.1. The van der Waals surface area contributed by atoms with Crippen molar-refractivity contribution in [2.75, 3.05) is 39.9 Å². The van der Waals surface area contributed by atoms with Crippen molar-refractivity contribution < 1.29 is 33.5 Å². The number of nitrogens with one attached hydrogen (secondary N) is 1. The zero-order valence-corrected chi connectivity index (χ0v) is 17.3. The summed E-state index contributed by atoms with van der Waals surface area (Å²) in [5.41, 5.74) is 1.20. The molecular weight excluding hydrogens is 390 g/mol. The summed E-state index contributed by atoms with van der Waals surface area (Å²) in [5, 5.41) is 0. The van der Waals surface area contributed by atoms with Crippen molar-refractivity contribution in [3.8, 4) is 17.2 Å². The van der Waals surface area contributed by atoms with Gasteiger partial charge < -0.3 is 19.1 Å². The molecule has 0 bridgehead atoms. The van der Waals surface area contributed by atoms with Crippen LogP contribution in [0, 0.1) is 0 Å². The van der Waals surface area contributed by atoms with Crippen LogP contribution in [-0.2, 0) is 16.1 Å². The zero-order valence-electron chi connectivity index (χ0n) is 17.3. The topological polar surface area (TPSA) is 89.8 Å². The van der Waals surface area contributed by atoms with Crippen molar-refractivity contribution in [1.82, 2.24) is 4.90 Å². The van der Waals surface area contributed by atoms with Crippen LogP contribution < -0.4 is 24.0 Å². The van der Waals surface area contributed by atoms with Crippen molar-refractivity contribution in [2.24, 2.45) is 0 Å². The number of amides is 4. The number of benzene rings is 2. The van der Waals surface area contributed by atoms with E-state index in [-0.39, 0.29) is 6.67 Å². The fourth-order valence-corrected chi connectivity index (χ4v) is 3.25. The Kier molecular flexibility index (Phi) is 6.22. The second kappa shape index (κ2) is 8.83. The molecule has 3 rings (SSSR count). The van der Waals surface area contributed by atoms with Gasteiger partial charge in [-0.3, -0.25) is 9.59 Å². The van der Waals surface area contributed by atoms with E-state index in [0.29, 0.717) is 29.5 Å². The summed E-state index contributed by atoms with van der Waals surface area (Å²) in [7, 11) is 6.47. The summed E-state index contributed by atoms with van der Waals surface area (Å²) < 4.78 is 15.7. The Morgan fingerprint density at radius 2 is 1.47 bits per heavy atom. The van der Waals surface area contributed by atoms with Gasteiger partial charge in [-0.05, 0) is 36.4 Å². The number of carbonyl (C=O) groups excluding carboxylic acids is 3. The lowest BCUT2D eigenvalue weighted by Crippen LogP contribution is -3.09. The molecule has 1 atom stereocenters. The molecule has 1 aliphatic heterocycles. The number of methoxy groups -OCH3 is 3. The first-order valence-electron chi connectivity index (χ1n) is 9.25. The summed E-state index contributed by atoms with van der Waals surface area (Å²) >= 11 is 0. The van der Waals surface area contributed by atoms with Gasteiger partial charge >= 0.3 is 17.8 Å². The van der Waals surface area contributed by atoms with Gasteiger partial charge in [0.2, 0.25) is 0 Å². The highest BCUT2D eigenvalue weighted by Gasteiger charge is 2.46. The lowest BCUT2D eigenvalue weighted by Gasteiger charge is -2.21. The van der Waals surface area contributed by atoms with E-state index < -0.39 is 17.8 Å². The number of ether oxygens (including phenoxy) is 3. The molecule has 9 heteroatoms. The number of nitrogens with zero attached hydrogens (tertiary/aromatic N) is 2. The number of hydrogen-bond acceptors (Lipinski definition) is 6. The second-order valence-corrected chi connectivity index (χ2v) is 6.82. The lowest BCUT2D eigenvalue weighted by molar-refractivity contribution is -0.901. The molecule has 0 aliphatic carbocycles. The van der Waals surface area contributed by atoms with Crippen molar-refractivity contribution in [1.29, 1.82) is 0 Å². The molecule has 1 heterocycles. The molecule has 1 unspecified atom stereocenters. The minimum Gasteiger partial charge on any atom is -0.497 e. The van der Waals surface area contributed by atoms with Crippen LogP contribution in [0.2, 0.25) is 0 Å². The van der Waals surface area contributed by atoms with Gasteiger partial charge in [0, 0.05) is 11.6 Å². The summed E-state index contributed by atoms with van der Waals surface area (Å²) in [6.07, 6.45) is 0. The number of carbonyl (C=O) groups is 3. The quantitative estimate of drug-likeness (QED) is 0.505. The standard InChI is InChI=1S/C21H23N3O6/c1-22(12-14-5-8-17(29-3)11-18(14)30-4)13-23-19(25)20(26)24(21(23)27)15-6-9-16(28-2)10-7-15/h5-11H,12-13H2,1-4H3/p+1. The predicted octanol–water partition coefficient (Wildman–Crippen LogP) is 0.680. The minimum atomic E-state index is -0.875. The van der Waals surface area contributed by atoms with Gasteiger partial charge in [0.05, 0.1) is 34.1 Å². The number of imide groups is 2. The van der Waals surface area contributed by atoms with Gasteiger partial charge in [-0.2, -0.15) is 0 Å². The molecule has 1 N–H and O–H groups in total. The average Bonchev–Trinajstić information content (AvgIpc) is 2.97. The molecule has 2 aromatic carbocycles. The lowest BCUT2D eigenvalue weighted by atomic mass is 10.2. The highest BCUT2D eigenvalue weighted by atomic mass is 16.5. The average molecular weight is 414 g/mol. The number of rotatable bonds is 8. The summed E-state index contributed by atoms with van der Waals surface area (Å²) in [5.74, 6) is 0.165. The summed E-state index contributed by atoms with van der Waals surface area (Å²) in [6.45, 7) is 0.506. The highest BCUT2D eigenvalue weighted by Crippen LogP contribution is 2.25. The van der Waals surface area contributed by atoms with Gasteiger partial charge in [-0.25, -0.2) is 14.6 Å². The molecule has 0 saturated carbocycles. The molecule has 1 aliphatic rings. The van der Waals surface area contributed by atoms with Gasteiger partial charge in [-0.1, -0.05) is 0 Å². The van der Waals surface area contributed by atoms with Crippen LogP contribution in [-0.4, -0.2) is 57.8 Å². The summed E-state index contributed by atoms with van der Waals surface area (Å²) in [4.78, 5) is 40.3. The van der Waals surface area contributed by atoms with Gasteiger partial charge in [0.1, 0.15) is 23.8 Å². The van der Waals surface area contributed by atoms with E-state index in [1.54, 1.807) is 44.6 Å². The van der Waals surface area contributed by atoms with E-state index in [9.17, 15) is 14.4 Å². The van der Waals surface area contributed by atoms with Crippen molar-refractivity contribution in [2.45, 2.75) is 6.54 Å². The van der Waals surface area contributed by atoms with Crippen LogP contribution in [0.3, 0.4) is 0 Å². The van der Waals surface area contributed by atoms with E-state index in [1.165, 1.54) is 7.11 Å². The minimum absolute atomic E-state index is 0.0330. The van der Waals surface area contributed by atoms with Gasteiger partial charge in [-0.15, -0.1) is 0 Å². The highest BCUT2D eigenvalue weighted by molar-refractivity contribution is 6.52. The first-order chi connectivity index (χ1) is 14.4. The Morgan fingerprint density at radius 1 is 0.833 bits per heavy atom. The Labute approximate surface area is 174 Å². The third kappa shape index (κ3) is 4.06. The maximum Gasteiger partial charge on any atom is 0.343 e. The zero-order chi connectivity index (χ0) is 21.8. The van der Waals surface area contributed by atoms with Crippen molar-refractivity contribution >= 4 is 23.5 Å². The normalized spacial score (nSPS) is 14.9. The fraction of sp³-hybridized carbons (Fsp3) is 0.286. The van der Waals surface area contributed by atoms with Crippen LogP contribution in [0.1, 0.15) is 5.56 Å². The molecule has 0 aromatic heterocycles. The Bertz CT molecular complexity index is 960. The fourth-order valence-electron chi connectivity index (χ4n) is 3.25. The largest absolute Gasteiger partial charge is 0.497 e. The third-order valence-electron chi connectivity index (χ3n) is 4.80. The van der Waals surface area contributed by atoms with Crippen LogP contribution in [0.4, 0.5) is 10.5 Å². The van der Waals surface area contributed by atoms with Crippen molar-refractivity contribution in [3.05, 3.63) is 48.0 Å².